The molecule has 18 heavy (non-hydrogen) atoms. The number of hydrogen-bond acceptors (Lipinski definition) is 3. The molecule has 0 radical (unpaired) electrons. The van der Waals surface area contributed by atoms with Gasteiger partial charge in [-0.15, -0.1) is 0 Å². The number of unbranched alkanes of at least 4 members (excludes halogenated alkanes) is 1. The first kappa shape index (κ1) is 12.4. The van der Waals surface area contributed by atoms with Gasteiger partial charge in [-0.1, -0.05) is 0 Å². The van der Waals surface area contributed by atoms with Crippen molar-refractivity contribution in [2.45, 2.75) is 12.8 Å². The van der Waals surface area contributed by atoms with Gasteiger partial charge in [-0.05, 0) is 37.1 Å². The van der Waals surface area contributed by atoms with E-state index in [0.29, 0.717) is 24.3 Å². The molecule has 96 valence electrons. The number of aromatic amines is 1. The number of nitrogens with one attached hydrogen (secondary N) is 2. The summed E-state index contributed by atoms with van der Waals surface area (Å²) in [6.07, 6.45) is 1.47. The van der Waals surface area contributed by atoms with Gasteiger partial charge in [0.15, 0.2) is 0 Å². The van der Waals surface area contributed by atoms with Crippen LogP contribution in [0.2, 0.25) is 0 Å². The summed E-state index contributed by atoms with van der Waals surface area (Å²) in [4.78, 5) is 14.9. The number of carbonyl (C=O) groups is 1. The molecule has 0 aliphatic carbocycles. The van der Waals surface area contributed by atoms with E-state index in [-0.39, 0.29) is 12.5 Å². The lowest BCUT2D eigenvalue weighted by atomic mass is 10.2. The highest BCUT2D eigenvalue weighted by atomic mass is 16.2. The Morgan fingerprint density at radius 1 is 1.33 bits per heavy atom. The monoisotopic (exact) mass is 247 g/mol. The molecule has 1 amide bonds. The minimum Gasteiger partial charge on any atom is -0.399 e. The first-order valence-electron chi connectivity index (χ1n) is 5.98. The van der Waals surface area contributed by atoms with Gasteiger partial charge in [-0.25, -0.2) is 0 Å². The molecular weight excluding hydrogens is 230 g/mol. The molecule has 0 spiro atoms. The molecule has 1 aromatic heterocycles. The van der Waals surface area contributed by atoms with Gasteiger partial charge in [0.25, 0.3) is 5.91 Å². The molecule has 0 aliphatic rings. The summed E-state index contributed by atoms with van der Waals surface area (Å²) in [5.74, 6) is -0.136. The van der Waals surface area contributed by atoms with Crippen LogP contribution in [0.1, 0.15) is 23.3 Å². The van der Waals surface area contributed by atoms with Gasteiger partial charge in [0, 0.05) is 29.7 Å². The van der Waals surface area contributed by atoms with Crippen molar-refractivity contribution >= 4 is 22.5 Å². The number of aromatic nitrogens is 1. The number of aliphatic hydroxyl groups excluding tert-OH is 1. The predicted molar refractivity (Wildman–Crippen MR) is 71.4 cm³/mol. The molecule has 0 atom stereocenters. The van der Waals surface area contributed by atoms with Crippen LogP contribution >= 0.6 is 0 Å². The average Bonchev–Trinajstić information content (AvgIpc) is 2.77. The Bertz CT molecular complexity index is 548. The topological polar surface area (TPSA) is 91.1 Å². The lowest BCUT2D eigenvalue weighted by molar-refractivity contribution is 0.0948. The van der Waals surface area contributed by atoms with Crippen molar-refractivity contribution < 1.29 is 9.90 Å². The van der Waals surface area contributed by atoms with E-state index < -0.39 is 0 Å². The number of fused-ring (bicyclic) bond motifs is 1. The van der Waals surface area contributed by atoms with Gasteiger partial charge in [-0.2, -0.15) is 0 Å². The van der Waals surface area contributed by atoms with E-state index in [1.54, 1.807) is 12.1 Å². The van der Waals surface area contributed by atoms with Crippen molar-refractivity contribution in [3.63, 3.8) is 0 Å². The second-order valence-electron chi connectivity index (χ2n) is 4.22. The molecule has 5 heteroatoms. The Kier molecular flexibility index (Phi) is 3.84. The third-order valence-corrected chi connectivity index (χ3v) is 2.76. The van der Waals surface area contributed by atoms with Crippen molar-refractivity contribution in [3.8, 4) is 0 Å². The van der Waals surface area contributed by atoms with Crippen LogP contribution in [0, 0.1) is 0 Å². The number of anilines is 1. The van der Waals surface area contributed by atoms with Crippen molar-refractivity contribution in [3.05, 3.63) is 30.0 Å². The molecule has 2 aromatic rings. The molecule has 1 heterocycles. The van der Waals surface area contributed by atoms with Gasteiger partial charge < -0.3 is 21.1 Å². The molecule has 0 saturated heterocycles. The minimum atomic E-state index is -0.136. The minimum absolute atomic E-state index is 0.136. The first-order chi connectivity index (χ1) is 8.70. The molecule has 5 N–H and O–H groups in total. The van der Waals surface area contributed by atoms with Gasteiger partial charge >= 0.3 is 0 Å². The molecule has 0 unspecified atom stereocenters. The summed E-state index contributed by atoms with van der Waals surface area (Å²) in [5.41, 5.74) is 7.78. The van der Waals surface area contributed by atoms with Gasteiger partial charge in [0.2, 0.25) is 0 Å². The van der Waals surface area contributed by atoms with E-state index in [1.165, 1.54) is 0 Å². The molecule has 2 rings (SSSR count). The summed E-state index contributed by atoms with van der Waals surface area (Å²) < 4.78 is 0. The van der Waals surface area contributed by atoms with Gasteiger partial charge in [0.05, 0.1) is 0 Å². The highest BCUT2D eigenvalue weighted by Crippen LogP contribution is 2.18. The Labute approximate surface area is 105 Å². The predicted octanol–water partition coefficient (Wildman–Crippen LogP) is 1.25. The zero-order valence-corrected chi connectivity index (χ0v) is 10.1. The number of carbonyl (C=O) groups excluding carboxylic acids is 1. The smallest absolute Gasteiger partial charge is 0.267 e. The second kappa shape index (κ2) is 5.55. The van der Waals surface area contributed by atoms with Crippen molar-refractivity contribution in [2.75, 3.05) is 18.9 Å². The van der Waals surface area contributed by atoms with Gasteiger partial charge in [0.1, 0.15) is 5.69 Å². The lowest BCUT2D eigenvalue weighted by Gasteiger charge is -2.01. The maximum atomic E-state index is 11.8. The molecule has 0 bridgehead atoms. The molecular formula is C13H17N3O2. The number of amides is 1. The van der Waals surface area contributed by atoms with Crippen molar-refractivity contribution in [1.29, 1.82) is 0 Å². The quantitative estimate of drug-likeness (QED) is 0.473. The van der Waals surface area contributed by atoms with E-state index in [4.69, 9.17) is 10.8 Å². The summed E-state index contributed by atoms with van der Waals surface area (Å²) in [7, 11) is 0. The van der Waals surface area contributed by atoms with Gasteiger partial charge in [-0.3, -0.25) is 4.79 Å². The first-order valence-corrected chi connectivity index (χ1v) is 5.98. The van der Waals surface area contributed by atoms with E-state index in [0.717, 1.165) is 17.3 Å². The van der Waals surface area contributed by atoms with E-state index in [9.17, 15) is 4.79 Å². The third kappa shape index (κ3) is 2.81. The summed E-state index contributed by atoms with van der Waals surface area (Å²) in [6, 6.07) is 7.26. The summed E-state index contributed by atoms with van der Waals surface area (Å²) in [6.45, 7) is 0.721. The third-order valence-electron chi connectivity index (χ3n) is 2.76. The zero-order valence-electron chi connectivity index (χ0n) is 10.1. The highest BCUT2D eigenvalue weighted by molar-refractivity contribution is 5.98. The molecule has 0 saturated carbocycles. The van der Waals surface area contributed by atoms with Crippen LogP contribution in [0.15, 0.2) is 24.3 Å². The second-order valence-corrected chi connectivity index (χ2v) is 4.22. The Balaban J connectivity index is 2.04. The Morgan fingerprint density at radius 3 is 2.94 bits per heavy atom. The number of nitrogens with two attached hydrogens (primary N) is 1. The van der Waals surface area contributed by atoms with Crippen molar-refractivity contribution in [2.24, 2.45) is 0 Å². The number of benzene rings is 1. The number of nitrogen functional groups attached to an aromatic ring is 1. The standard InChI is InChI=1S/C13H17N3O2/c14-10-3-4-11-9(7-10)8-12(16-11)13(18)15-5-1-2-6-17/h3-4,7-8,16-17H,1-2,5-6,14H2,(H,15,18). The highest BCUT2D eigenvalue weighted by Gasteiger charge is 2.08. The SMILES string of the molecule is Nc1ccc2[nH]c(C(=O)NCCCCO)cc2c1. The van der Waals surface area contributed by atoms with Crippen LogP contribution in [0.4, 0.5) is 5.69 Å². The number of aliphatic hydroxyl groups is 1. The molecule has 1 aromatic carbocycles. The van der Waals surface area contributed by atoms with Crippen LogP contribution < -0.4 is 11.1 Å². The van der Waals surface area contributed by atoms with E-state index >= 15 is 0 Å². The maximum absolute atomic E-state index is 11.8. The fraction of sp³-hybridized carbons (Fsp3) is 0.308. The largest absolute Gasteiger partial charge is 0.399 e. The fourth-order valence-corrected chi connectivity index (χ4v) is 1.81. The zero-order chi connectivity index (χ0) is 13.0. The van der Waals surface area contributed by atoms with Crippen LogP contribution in [0.25, 0.3) is 10.9 Å². The van der Waals surface area contributed by atoms with Crippen LogP contribution in [-0.2, 0) is 0 Å². The lowest BCUT2D eigenvalue weighted by Crippen LogP contribution is -2.24. The number of hydrogen-bond donors (Lipinski definition) is 4. The summed E-state index contributed by atoms with van der Waals surface area (Å²) >= 11 is 0. The normalized spacial score (nSPS) is 10.7. The number of rotatable bonds is 5. The fourth-order valence-electron chi connectivity index (χ4n) is 1.81. The maximum Gasteiger partial charge on any atom is 0.267 e. The average molecular weight is 247 g/mol. The number of H-pyrrole nitrogens is 1. The Morgan fingerprint density at radius 2 is 2.17 bits per heavy atom. The van der Waals surface area contributed by atoms with Crippen molar-refractivity contribution in [1.82, 2.24) is 10.3 Å². The van der Waals surface area contributed by atoms with Crippen LogP contribution in [0.3, 0.4) is 0 Å². The summed E-state index contributed by atoms with van der Waals surface area (Å²) in [5, 5.41) is 12.4. The molecule has 0 fully saturated rings. The molecule has 0 aliphatic heterocycles. The van der Waals surface area contributed by atoms with E-state index in [1.807, 2.05) is 12.1 Å². The van der Waals surface area contributed by atoms with Crippen LogP contribution in [-0.4, -0.2) is 29.1 Å². The van der Waals surface area contributed by atoms with Crippen LogP contribution in [0.5, 0.6) is 0 Å². The molecule has 5 nitrogen and oxygen atoms in total. The van der Waals surface area contributed by atoms with E-state index in [2.05, 4.69) is 10.3 Å². The Hall–Kier alpha value is -2.01.